The first-order chi connectivity index (χ1) is 6.49. The lowest BCUT2D eigenvalue weighted by Crippen LogP contribution is -2.56. The first kappa shape index (κ1) is 11.9. The van der Waals surface area contributed by atoms with E-state index in [1.807, 2.05) is 20.8 Å². The van der Waals surface area contributed by atoms with Gasteiger partial charge < -0.3 is 20.1 Å². The smallest absolute Gasteiger partial charge is 0.109 e. The molecule has 1 aliphatic rings. The summed E-state index contributed by atoms with van der Waals surface area (Å²) in [6, 6.07) is 0. The minimum atomic E-state index is -0.983. The van der Waals surface area contributed by atoms with Crippen molar-refractivity contribution in [2.75, 3.05) is 6.61 Å². The molecule has 4 heteroatoms. The van der Waals surface area contributed by atoms with Gasteiger partial charge in [0, 0.05) is 5.92 Å². The Morgan fingerprint density at radius 2 is 1.79 bits per heavy atom. The first-order valence-electron chi connectivity index (χ1n) is 5.11. The SMILES string of the molecule is CC(C)C1C(C)OC(CO)[C@@H](O)[C@@H]1O. The second-order valence-electron chi connectivity index (χ2n) is 4.36. The average Bonchev–Trinajstić information content (AvgIpc) is 2.10. The van der Waals surface area contributed by atoms with E-state index in [2.05, 4.69) is 0 Å². The van der Waals surface area contributed by atoms with Crippen LogP contribution in [0, 0.1) is 11.8 Å². The Balaban J connectivity index is 2.74. The van der Waals surface area contributed by atoms with E-state index in [0.717, 1.165) is 0 Å². The summed E-state index contributed by atoms with van der Waals surface area (Å²) in [4.78, 5) is 0. The second kappa shape index (κ2) is 4.57. The topological polar surface area (TPSA) is 69.9 Å². The summed E-state index contributed by atoms with van der Waals surface area (Å²) < 4.78 is 5.43. The summed E-state index contributed by atoms with van der Waals surface area (Å²) in [5, 5.41) is 28.4. The summed E-state index contributed by atoms with van der Waals surface area (Å²) in [6.07, 6.45) is -2.58. The Hall–Kier alpha value is -0.160. The van der Waals surface area contributed by atoms with Crippen LogP contribution in [-0.4, -0.2) is 46.3 Å². The van der Waals surface area contributed by atoms with Crippen molar-refractivity contribution in [2.45, 2.75) is 45.2 Å². The first-order valence-corrected chi connectivity index (χ1v) is 5.11. The molecule has 1 fully saturated rings. The number of hydrogen-bond acceptors (Lipinski definition) is 4. The molecule has 0 amide bonds. The molecule has 0 saturated carbocycles. The Morgan fingerprint density at radius 1 is 1.21 bits per heavy atom. The van der Waals surface area contributed by atoms with Crippen LogP contribution >= 0.6 is 0 Å². The zero-order valence-electron chi connectivity index (χ0n) is 8.92. The molecule has 0 spiro atoms. The van der Waals surface area contributed by atoms with E-state index in [-0.39, 0.29) is 24.5 Å². The minimum Gasteiger partial charge on any atom is -0.394 e. The molecule has 1 rings (SSSR count). The van der Waals surface area contributed by atoms with E-state index in [0.29, 0.717) is 0 Å². The largest absolute Gasteiger partial charge is 0.394 e. The summed E-state index contributed by atoms with van der Waals surface area (Å²) in [6.45, 7) is 5.58. The van der Waals surface area contributed by atoms with Crippen molar-refractivity contribution < 1.29 is 20.1 Å². The Morgan fingerprint density at radius 3 is 2.21 bits per heavy atom. The van der Waals surface area contributed by atoms with Crippen LogP contribution in [0.3, 0.4) is 0 Å². The molecule has 1 saturated heterocycles. The van der Waals surface area contributed by atoms with E-state index in [4.69, 9.17) is 9.84 Å². The van der Waals surface area contributed by atoms with Crippen molar-refractivity contribution in [1.82, 2.24) is 0 Å². The summed E-state index contributed by atoms with van der Waals surface area (Å²) in [7, 11) is 0. The van der Waals surface area contributed by atoms with E-state index in [1.165, 1.54) is 0 Å². The number of aliphatic hydroxyl groups is 3. The molecule has 0 radical (unpaired) electrons. The van der Waals surface area contributed by atoms with Crippen molar-refractivity contribution in [2.24, 2.45) is 11.8 Å². The van der Waals surface area contributed by atoms with Crippen LogP contribution in [0.1, 0.15) is 20.8 Å². The summed E-state index contributed by atoms with van der Waals surface area (Å²) >= 11 is 0. The van der Waals surface area contributed by atoms with Crippen LogP contribution < -0.4 is 0 Å². The second-order valence-corrected chi connectivity index (χ2v) is 4.36. The highest BCUT2D eigenvalue weighted by Crippen LogP contribution is 2.31. The Bertz CT molecular complexity index is 183. The maximum atomic E-state index is 9.84. The van der Waals surface area contributed by atoms with Gasteiger partial charge in [-0.05, 0) is 12.8 Å². The van der Waals surface area contributed by atoms with Gasteiger partial charge in [-0.25, -0.2) is 0 Å². The average molecular weight is 204 g/mol. The fourth-order valence-electron chi connectivity index (χ4n) is 2.26. The van der Waals surface area contributed by atoms with Gasteiger partial charge in [0.15, 0.2) is 0 Å². The molecule has 14 heavy (non-hydrogen) atoms. The summed E-state index contributed by atoms with van der Waals surface area (Å²) in [5.74, 6) is 0.169. The number of hydrogen-bond donors (Lipinski definition) is 3. The van der Waals surface area contributed by atoms with Crippen LogP contribution in [0.4, 0.5) is 0 Å². The highest BCUT2D eigenvalue weighted by molar-refractivity contribution is 4.91. The van der Waals surface area contributed by atoms with Crippen molar-refractivity contribution >= 4 is 0 Å². The number of ether oxygens (including phenoxy) is 1. The molecule has 4 nitrogen and oxygen atoms in total. The standard InChI is InChI=1S/C10H20O4/c1-5(2)8-6(3)14-7(4-11)9(12)10(8)13/h5-13H,4H2,1-3H3/t6?,7?,8?,9-,10-/m1/s1. The van der Waals surface area contributed by atoms with Crippen LogP contribution in [0.15, 0.2) is 0 Å². The van der Waals surface area contributed by atoms with Crippen LogP contribution in [-0.2, 0) is 4.74 Å². The number of rotatable bonds is 2. The molecule has 0 aliphatic carbocycles. The van der Waals surface area contributed by atoms with Gasteiger partial charge in [-0.2, -0.15) is 0 Å². The molecule has 0 aromatic heterocycles. The third-order valence-electron chi connectivity index (χ3n) is 3.01. The van der Waals surface area contributed by atoms with Crippen LogP contribution in [0.2, 0.25) is 0 Å². The molecule has 3 N–H and O–H groups in total. The Kier molecular flexibility index (Phi) is 3.89. The summed E-state index contributed by atoms with van der Waals surface area (Å²) in [5.41, 5.74) is 0. The normalized spacial score (nSPS) is 44.4. The predicted octanol–water partition coefficient (Wildman–Crippen LogP) is -0.240. The van der Waals surface area contributed by atoms with Crippen molar-refractivity contribution in [3.63, 3.8) is 0 Å². The molecule has 84 valence electrons. The third kappa shape index (κ3) is 2.08. The molecular formula is C10H20O4. The van der Waals surface area contributed by atoms with Gasteiger partial charge in [-0.1, -0.05) is 13.8 Å². The maximum Gasteiger partial charge on any atom is 0.109 e. The minimum absolute atomic E-state index is 0.0761. The highest BCUT2D eigenvalue weighted by atomic mass is 16.5. The molecule has 0 aromatic rings. The van der Waals surface area contributed by atoms with Gasteiger partial charge in [0.2, 0.25) is 0 Å². The Labute approximate surface area is 84.5 Å². The fourth-order valence-corrected chi connectivity index (χ4v) is 2.26. The molecule has 5 atom stereocenters. The lowest BCUT2D eigenvalue weighted by molar-refractivity contribution is -0.212. The van der Waals surface area contributed by atoms with Crippen molar-refractivity contribution in [3.8, 4) is 0 Å². The monoisotopic (exact) mass is 204 g/mol. The van der Waals surface area contributed by atoms with Crippen molar-refractivity contribution in [3.05, 3.63) is 0 Å². The lowest BCUT2D eigenvalue weighted by Gasteiger charge is -2.43. The molecule has 0 bridgehead atoms. The molecule has 1 heterocycles. The molecule has 0 aromatic carbocycles. The van der Waals surface area contributed by atoms with Gasteiger partial charge in [0.1, 0.15) is 12.2 Å². The number of aliphatic hydroxyl groups excluding tert-OH is 3. The van der Waals surface area contributed by atoms with Gasteiger partial charge in [-0.15, -0.1) is 0 Å². The third-order valence-corrected chi connectivity index (χ3v) is 3.01. The van der Waals surface area contributed by atoms with E-state index in [9.17, 15) is 10.2 Å². The van der Waals surface area contributed by atoms with Gasteiger partial charge in [0.25, 0.3) is 0 Å². The zero-order chi connectivity index (χ0) is 10.9. The fraction of sp³-hybridized carbons (Fsp3) is 1.00. The predicted molar refractivity (Wildman–Crippen MR) is 51.8 cm³/mol. The quantitative estimate of drug-likeness (QED) is 0.580. The van der Waals surface area contributed by atoms with Crippen LogP contribution in [0.25, 0.3) is 0 Å². The van der Waals surface area contributed by atoms with E-state index >= 15 is 0 Å². The molecular weight excluding hydrogens is 184 g/mol. The molecule has 1 aliphatic heterocycles. The van der Waals surface area contributed by atoms with Crippen molar-refractivity contribution in [1.29, 1.82) is 0 Å². The van der Waals surface area contributed by atoms with Crippen LogP contribution in [0.5, 0.6) is 0 Å². The van der Waals surface area contributed by atoms with Gasteiger partial charge in [0.05, 0.1) is 18.8 Å². The van der Waals surface area contributed by atoms with E-state index < -0.39 is 18.3 Å². The van der Waals surface area contributed by atoms with E-state index in [1.54, 1.807) is 0 Å². The highest BCUT2D eigenvalue weighted by Gasteiger charge is 2.43. The maximum absolute atomic E-state index is 9.84. The zero-order valence-corrected chi connectivity index (χ0v) is 8.92. The van der Waals surface area contributed by atoms with Gasteiger partial charge in [-0.3, -0.25) is 0 Å². The van der Waals surface area contributed by atoms with Gasteiger partial charge >= 0.3 is 0 Å². The lowest BCUT2D eigenvalue weighted by atomic mass is 9.80. The molecule has 3 unspecified atom stereocenters.